The molecule has 31 heavy (non-hydrogen) atoms. The van der Waals surface area contributed by atoms with E-state index >= 15 is 0 Å². The van der Waals surface area contributed by atoms with Gasteiger partial charge >= 0.3 is 0 Å². The van der Waals surface area contributed by atoms with Gasteiger partial charge in [0.05, 0.1) is 22.3 Å². The summed E-state index contributed by atoms with van der Waals surface area (Å²) < 4.78 is 1.08. The smallest absolute Gasteiger partial charge is 0.135 e. The highest BCUT2D eigenvalue weighted by molar-refractivity contribution is 7.19. The molecule has 5 rings (SSSR count). The van der Waals surface area contributed by atoms with Crippen molar-refractivity contribution in [3.63, 3.8) is 0 Å². The third-order valence-corrected chi connectivity index (χ3v) is 7.14. The van der Waals surface area contributed by atoms with Crippen molar-refractivity contribution in [2.24, 2.45) is 0 Å². The number of amidine groups is 1. The maximum atomic E-state index is 10.5. The summed E-state index contributed by atoms with van der Waals surface area (Å²) in [5.74, 6) is 0.658. The minimum absolute atomic E-state index is 0.264. The Bertz CT molecular complexity index is 1070. The van der Waals surface area contributed by atoms with Gasteiger partial charge in [0.2, 0.25) is 0 Å². The van der Waals surface area contributed by atoms with E-state index in [0.717, 1.165) is 60.9 Å². The predicted octanol–water partition coefficient (Wildman–Crippen LogP) is 4.07. The van der Waals surface area contributed by atoms with E-state index in [1.54, 1.807) is 0 Å². The number of fused-ring (bicyclic) bond motifs is 1. The van der Waals surface area contributed by atoms with E-state index in [9.17, 15) is 5.11 Å². The van der Waals surface area contributed by atoms with Crippen LogP contribution >= 0.6 is 11.3 Å². The highest BCUT2D eigenvalue weighted by atomic mass is 32.1. The van der Waals surface area contributed by atoms with Gasteiger partial charge in [0.1, 0.15) is 16.6 Å². The van der Waals surface area contributed by atoms with Crippen LogP contribution in [0.4, 0.5) is 5.69 Å². The number of anilines is 1. The molecule has 2 aliphatic rings. The van der Waals surface area contributed by atoms with Crippen LogP contribution in [0.25, 0.3) is 15.8 Å². The average molecular weight is 434 g/mol. The Morgan fingerprint density at radius 3 is 2.45 bits per heavy atom. The number of hydrogen-bond acceptors (Lipinski definition) is 6. The zero-order chi connectivity index (χ0) is 21.2. The molecule has 0 atom stereocenters. The lowest BCUT2D eigenvalue weighted by Crippen LogP contribution is -2.47. The molecule has 3 heterocycles. The molecule has 2 aromatic carbocycles. The standard InChI is InChI=1S/C24H27N5OS/c25-23-22(24-26-19-9-4-5-10-21(19)31-24)20(30)17-29(23)12-6-11-27-13-15-28(16-14-27)18-7-2-1-3-8-18/h1-5,7-10,25,30H,6,11-17H2. The number of nitrogens with one attached hydrogen (secondary N) is 1. The number of aliphatic hydroxyl groups is 1. The lowest BCUT2D eigenvalue weighted by Gasteiger charge is -2.36. The molecular weight excluding hydrogens is 406 g/mol. The molecule has 7 heteroatoms. The summed E-state index contributed by atoms with van der Waals surface area (Å²) in [7, 11) is 0. The Balaban J connectivity index is 1.13. The molecule has 0 saturated carbocycles. The van der Waals surface area contributed by atoms with Crippen molar-refractivity contribution in [1.82, 2.24) is 14.8 Å². The molecule has 160 valence electrons. The number of thiazole rings is 1. The normalized spacial score (nSPS) is 17.9. The van der Waals surface area contributed by atoms with E-state index < -0.39 is 0 Å². The second-order valence-electron chi connectivity index (χ2n) is 8.10. The predicted molar refractivity (Wildman–Crippen MR) is 128 cm³/mol. The first-order valence-corrected chi connectivity index (χ1v) is 11.6. The fourth-order valence-electron chi connectivity index (χ4n) is 4.38. The van der Waals surface area contributed by atoms with Crippen molar-refractivity contribution in [3.05, 3.63) is 65.4 Å². The maximum Gasteiger partial charge on any atom is 0.135 e. The fraction of sp³-hybridized carbons (Fsp3) is 0.333. The molecule has 0 bridgehead atoms. The van der Waals surface area contributed by atoms with Crippen LogP contribution in [0.5, 0.6) is 0 Å². The third-order valence-electron chi connectivity index (χ3n) is 6.09. The zero-order valence-electron chi connectivity index (χ0n) is 17.5. The molecule has 0 amide bonds. The fourth-order valence-corrected chi connectivity index (χ4v) is 5.42. The highest BCUT2D eigenvalue weighted by Crippen LogP contribution is 2.33. The average Bonchev–Trinajstić information content (AvgIpc) is 3.34. The van der Waals surface area contributed by atoms with Crippen LogP contribution in [0.1, 0.15) is 11.4 Å². The van der Waals surface area contributed by atoms with Crippen LogP contribution in [0, 0.1) is 5.41 Å². The van der Waals surface area contributed by atoms with Crippen molar-refractivity contribution in [1.29, 1.82) is 5.41 Å². The number of nitrogens with zero attached hydrogens (tertiary/aromatic N) is 4. The largest absolute Gasteiger partial charge is 0.510 e. The van der Waals surface area contributed by atoms with Gasteiger partial charge in [-0.1, -0.05) is 30.3 Å². The maximum absolute atomic E-state index is 10.5. The van der Waals surface area contributed by atoms with Gasteiger partial charge in [0.15, 0.2) is 0 Å². The number of aromatic nitrogens is 1. The van der Waals surface area contributed by atoms with Crippen LogP contribution in [-0.4, -0.2) is 71.5 Å². The summed E-state index contributed by atoms with van der Waals surface area (Å²) in [5.41, 5.74) is 2.82. The molecule has 1 aromatic heterocycles. The third kappa shape index (κ3) is 4.16. The molecule has 6 nitrogen and oxygen atoms in total. The Labute approximate surface area is 186 Å². The van der Waals surface area contributed by atoms with Crippen molar-refractivity contribution in [3.8, 4) is 0 Å². The quantitative estimate of drug-likeness (QED) is 0.613. The Kier molecular flexibility index (Phi) is 5.61. The van der Waals surface area contributed by atoms with Crippen LogP contribution in [0.2, 0.25) is 0 Å². The van der Waals surface area contributed by atoms with E-state index in [2.05, 4.69) is 45.1 Å². The minimum atomic E-state index is 0.264. The van der Waals surface area contributed by atoms with Crippen LogP contribution < -0.4 is 4.90 Å². The first kappa shape index (κ1) is 20.0. The van der Waals surface area contributed by atoms with E-state index in [1.165, 1.54) is 17.0 Å². The van der Waals surface area contributed by atoms with E-state index in [-0.39, 0.29) is 5.76 Å². The molecular formula is C24H27N5OS. The van der Waals surface area contributed by atoms with Crippen LogP contribution in [-0.2, 0) is 0 Å². The number of hydrogen-bond donors (Lipinski definition) is 2. The molecule has 2 N–H and O–H groups in total. The second kappa shape index (κ2) is 8.69. The van der Waals surface area contributed by atoms with E-state index in [4.69, 9.17) is 5.41 Å². The summed E-state index contributed by atoms with van der Waals surface area (Å²) >= 11 is 1.54. The molecule has 2 aliphatic heterocycles. The number of rotatable bonds is 6. The van der Waals surface area contributed by atoms with Gasteiger partial charge in [-0.15, -0.1) is 11.3 Å². The Hall–Kier alpha value is -2.90. The summed E-state index contributed by atoms with van der Waals surface area (Å²) in [6, 6.07) is 18.6. The van der Waals surface area contributed by atoms with Crippen LogP contribution in [0.15, 0.2) is 60.4 Å². The van der Waals surface area contributed by atoms with Gasteiger partial charge in [-0.05, 0) is 37.2 Å². The lowest BCUT2D eigenvalue weighted by molar-refractivity contribution is 0.244. The first-order chi connectivity index (χ1) is 15.2. The van der Waals surface area contributed by atoms with Crippen molar-refractivity contribution >= 4 is 38.6 Å². The lowest BCUT2D eigenvalue weighted by atomic mass is 10.2. The summed E-state index contributed by atoms with van der Waals surface area (Å²) in [5, 5.41) is 19.9. The molecule has 0 unspecified atom stereocenters. The van der Waals surface area contributed by atoms with Gasteiger partial charge in [-0.2, -0.15) is 0 Å². The molecule has 0 aliphatic carbocycles. The van der Waals surface area contributed by atoms with Gasteiger partial charge in [-0.25, -0.2) is 4.98 Å². The van der Waals surface area contributed by atoms with Gasteiger partial charge in [0.25, 0.3) is 0 Å². The molecule has 3 aromatic rings. The second-order valence-corrected chi connectivity index (χ2v) is 9.13. The van der Waals surface area contributed by atoms with E-state index in [0.29, 0.717) is 18.0 Å². The monoisotopic (exact) mass is 433 g/mol. The van der Waals surface area contributed by atoms with Crippen molar-refractivity contribution in [2.75, 3.05) is 50.7 Å². The number of benzene rings is 2. The molecule has 0 radical (unpaired) electrons. The number of aliphatic hydroxyl groups excluding tert-OH is 1. The molecule has 1 saturated heterocycles. The summed E-state index contributed by atoms with van der Waals surface area (Å²) in [6.07, 6.45) is 0.980. The summed E-state index contributed by atoms with van der Waals surface area (Å²) in [4.78, 5) is 11.5. The molecule has 0 spiro atoms. The number of piperazine rings is 1. The number of para-hydroxylation sites is 2. The highest BCUT2D eigenvalue weighted by Gasteiger charge is 2.30. The Morgan fingerprint density at radius 2 is 1.68 bits per heavy atom. The van der Waals surface area contributed by atoms with E-state index in [1.807, 2.05) is 29.2 Å². The minimum Gasteiger partial charge on any atom is -0.510 e. The van der Waals surface area contributed by atoms with Gasteiger partial charge in [-0.3, -0.25) is 10.3 Å². The summed E-state index contributed by atoms with van der Waals surface area (Å²) in [6.45, 7) is 6.42. The molecule has 1 fully saturated rings. The van der Waals surface area contributed by atoms with Crippen molar-refractivity contribution in [2.45, 2.75) is 6.42 Å². The van der Waals surface area contributed by atoms with Gasteiger partial charge < -0.3 is 14.9 Å². The Morgan fingerprint density at radius 1 is 0.935 bits per heavy atom. The van der Waals surface area contributed by atoms with Crippen LogP contribution in [0.3, 0.4) is 0 Å². The zero-order valence-corrected chi connectivity index (χ0v) is 18.3. The van der Waals surface area contributed by atoms with Crippen molar-refractivity contribution < 1.29 is 5.11 Å². The van der Waals surface area contributed by atoms with Gasteiger partial charge in [0, 0.05) is 38.4 Å². The first-order valence-electron chi connectivity index (χ1n) is 10.8. The topological polar surface area (TPSA) is 66.7 Å². The SMILES string of the molecule is N=C1C(c2nc3ccccc3s2)=C(O)CN1CCCN1CCN(c2ccccc2)CC1.